The van der Waals surface area contributed by atoms with E-state index in [-0.39, 0.29) is 26.1 Å². The summed E-state index contributed by atoms with van der Waals surface area (Å²) in [5, 5.41) is 0. The van der Waals surface area contributed by atoms with Gasteiger partial charge in [0.05, 0.1) is 27.7 Å². The Morgan fingerprint density at radius 1 is 0.484 bits per heavy atom. The van der Waals surface area contributed by atoms with Gasteiger partial charge in [0.15, 0.2) is 6.10 Å². The largest absolute Gasteiger partial charge is 0.472 e. The number of phosphoric ester groups is 1. The van der Waals surface area contributed by atoms with Gasteiger partial charge in [-0.05, 0) is 83.5 Å². The van der Waals surface area contributed by atoms with Crippen LogP contribution in [0, 0.1) is 0 Å². The highest BCUT2D eigenvalue weighted by Gasteiger charge is 2.27. The Morgan fingerprint density at radius 2 is 0.844 bits per heavy atom. The highest BCUT2D eigenvalue weighted by Crippen LogP contribution is 2.43. The average molecular weight is 921 g/mol. The number of allylic oxidation sites excluding steroid dienone is 10. The lowest BCUT2D eigenvalue weighted by Gasteiger charge is -2.24. The lowest BCUT2D eigenvalue weighted by molar-refractivity contribution is -0.870. The number of carbonyl (C=O) groups is 2. The average Bonchev–Trinajstić information content (AvgIpc) is 3.25. The molecule has 1 unspecified atom stereocenters. The first kappa shape index (κ1) is 61.7. The van der Waals surface area contributed by atoms with Gasteiger partial charge in [-0.1, -0.05) is 184 Å². The number of esters is 2. The van der Waals surface area contributed by atoms with E-state index in [2.05, 4.69) is 74.6 Å². The Morgan fingerprint density at radius 3 is 1.31 bits per heavy atom. The van der Waals surface area contributed by atoms with E-state index < -0.39 is 32.5 Å². The Labute approximate surface area is 394 Å². The summed E-state index contributed by atoms with van der Waals surface area (Å²) in [6, 6.07) is 0. The summed E-state index contributed by atoms with van der Waals surface area (Å²) in [6.07, 6.45) is 57.0. The molecule has 2 atom stereocenters. The monoisotopic (exact) mass is 921 g/mol. The fourth-order valence-corrected chi connectivity index (χ4v) is 7.68. The molecule has 1 N–H and O–H groups in total. The summed E-state index contributed by atoms with van der Waals surface area (Å²) in [6.45, 7) is 4.37. The van der Waals surface area contributed by atoms with Gasteiger partial charge in [0.1, 0.15) is 19.8 Å². The molecule has 0 aliphatic rings. The number of ether oxygens (including phenoxy) is 2. The first-order valence-electron chi connectivity index (χ1n) is 26.0. The van der Waals surface area contributed by atoms with Crippen molar-refractivity contribution < 1.29 is 42.1 Å². The van der Waals surface area contributed by atoms with Crippen molar-refractivity contribution in [3.05, 3.63) is 60.8 Å². The van der Waals surface area contributed by atoms with Gasteiger partial charge in [-0.15, -0.1) is 0 Å². The van der Waals surface area contributed by atoms with E-state index in [0.717, 1.165) is 57.8 Å². The van der Waals surface area contributed by atoms with Gasteiger partial charge in [-0.3, -0.25) is 18.6 Å². The number of unbranched alkanes of at least 4 members (excludes halogenated alkanes) is 23. The van der Waals surface area contributed by atoms with E-state index in [4.69, 9.17) is 18.5 Å². The first-order valence-corrected chi connectivity index (χ1v) is 27.5. The molecule has 0 bridgehead atoms. The number of carbonyl (C=O) groups excluding carboxylic acids is 2. The zero-order valence-electron chi connectivity index (χ0n) is 42.0. The molecule has 0 saturated heterocycles. The maximum Gasteiger partial charge on any atom is 0.472 e. The van der Waals surface area contributed by atoms with Gasteiger partial charge < -0.3 is 18.9 Å². The van der Waals surface area contributed by atoms with E-state index in [1.54, 1.807) is 0 Å². The van der Waals surface area contributed by atoms with Crippen LogP contribution in [-0.2, 0) is 32.7 Å². The fourth-order valence-electron chi connectivity index (χ4n) is 6.93. The van der Waals surface area contributed by atoms with Crippen molar-refractivity contribution in [2.75, 3.05) is 47.5 Å². The molecule has 0 radical (unpaired) electrons. The Balaban J connectivity index is 4.31. The lowest BCUT2D eigenvalue weighted by atomic mass is 10.0. The van der Waals surface area contributed by atoms with Crippen molar-refractivity contribution in [1.82, 2.24) is 0 Å². The fraction of sp³-hybridized carbons (Fsp3) is 0.778. The molecular formula is C54H99NO8P+. The van der Waals surface area contributed by atoms with Gasteiger partial charge in [0.25, 0.3) is 0 Å². The summed E-state index contributed by atoms with van der Waals surface area (Å²) in [7, 11) is 1.46. The molecule has 0 rings (SSSR count). The second kappa shape index (κ2) is 45.8. The molecule has 0 heterocycles. The molecule has 9 nitrogen and oxygen atoms in total. The van der Waals surface area contributed by atoms with Crippen molar-refractivity contribution >= 4 is 19.8 Å². The SMILES string of the molecule is CCCCC/C=C/C/C=C/C/C=C/C/C=C/CCCCCC(=O)OC[C@H](COP(=O)(O)OCC[N+](C)(C)C)OC(=O)CCCCCCCCCCCCC/C=C/CCCCCCCC. The van der Waals surface area contributed by atoms with Crippen LogP contribution in [0.3, 0.4) is 0 Å². The molecule has 0 aromatic rings. The summed E-state index contributed by atoms with van der Waals surface area (Å²) >= 11 is 0. The van der Waals surface area contributed by atoms with E-state index in [1.165, 1.54) is 122 Å². The lowest BCUT2D eigenvalue weighted by Crippen LogP contribution is -2.37. The van der Waals surface area contributed by atoms with Crippen LogP contribution in [0.4, 0.5) is 0 Å². The number of nitrogens with zero attached hydrogens (tertiary/aromatic N) is 1. The Hall–Kier alpha value is -2.29. The smallest absolute Gasteiger partial charge is 0.462 e. The minimum atomic E-state index is -4.39. The topological polar surface area (TPSA) is 108 Å². The van der Waals surface area contributed by atoms with Gasteiger partial charge >= 0.3 is 19.8 Å². The van der Waals surface area contributed by atoms with Gasteiger partial charge in [-0.25, -0.2) is 4.57 Å². The first-order chi connectivity index (χ1) is 31.0. The molecule has 0 aromatic carbocycles. The molecule has 0 spiro atoms. The molecule has 0 aliphatic heterocycles. The number of rotatable bonds is 47. The van der Waals surface area contributed by atoms with Crippen LogP contribution in [0.15, 0.2) is 60.8 Å². The standard InChI is InChI=1S/C54H98NO8P/c1-6-8-10-12-14-16-18-20-22-24-26-27-29-31-33-35-37-39-41-43-45-47-54(57)63-52(51-62-64(58,59)61-49-48-55(3,4)5)50-60-53(56)46-44-42-40-38-36-34-32-30-28-25-23-21-19-17-15-13-11-9-7-2/h15,17,20-23,28,30,34,36,52H,6-14,16,18-19,24-27,29,31-33,35,37-51H2,1-5H3/p+1/b17-15+,22-20+,23-21+,30-28+,36-34+/t52-/m1/s1. The summed E-state index contributed by atoms with van der Waals surface area (Å²) in [4.78, 5) is 35.6. The normalized spacial score (nSPS) is 13.9. The van der Waals surface area contributed by atoms with E-state index >= 15 is 0 Å². The maximum atomic E-state index is 12.8. The number of hydrogen-bond acceptors (Lipinski definition) is 7. The molecule has 372 valence electrons. The molecule has 0 aromatic heterocycles. The zero-order valence-corrected chi connectivity index (χ0v) is 42.9. The predicted octanol–water partition coefficient (Wildman–Crippen LogP) is 15.6. The number of quaternary nitrogens is 1. The zero-order chi connectivity index (χ0) is 47.1. The summed E-state index contributed by atoms with van der Waals surface area (Å²) in [5.41, 5.74) is 0. The van der Waals surface area contributed by atoms with Crippen LogP contribution >= 0.6 is 7.82 Å². The third-order valence-electron chi connectivity index (χ3n) is 11.0. The Bertz CT molecular complexity index is 1270. The van der Waals surface area contributed by atoms with Crippen molar-refractivity contribution in [2.24, 2.45) is 0 Å². The van der Waals surface area contributed by atoms with Crippen LogP contribution in [0.2, 0.25) is 0 Å². The van der Waals surface area contributed by atoms with Crippen LogP contribution in [0.1, 0.15) is 219 Å². The third kappa shape index (κ3) is 49.2. The maximum absolute atomic E-state index is 12.8. The van der Waals surface area contributed by atoms with Gasteiger partial charge in [0, 0.05) is 12.8 Å². The van der Waals surface area contributed by atoms with Crippen LogP contribution in [-0.4, -0.2) is 74.9 Å². The van der Waals surface area contributed by atoms with Crippen LogP contribution < -0.4 is 0 Å². The van der Waals surface area contributed by atoms with Crippen molar-refractivity contribution in [2.45, 2.75) is 225 Å². The Kier molecular flexibility index (Phi) is 44.2. The van der Waals surface area contributed by atoms with Crippen molar-refractivity contribution in [1.29, 1.82) is 0 Å². The third-order valence-corrected chi connectivity index (χ3v) is 12.0. The predicted molar refractivity (Wildman–Crippen MR) is 270 cm³/mol. The molecule has 0 amide bonds. The summed E-state index contributed by atoms with van der Waals surface area (Å²) < 4.78 is 34.4. The van der Waals surface area contributed by atoms with E-state index in [0.29, 0.717) is 23.9 Å². The summed E-state index contributed by atoms with van der Waals surface area (Å²) in [5.74, 6) is -0.833. The molecule has 0 aliphatic carbocycles. The molecule has 10 heteroatoms. The molecule has 0 fully saturated rings. The van der Waals surface area contributed by atoms with Crippen molar-refractivity contribution in [3.63, 3.8) is 0 Å². The highest BCUT2D eigenvalue weighted by molar-refractivity contribution is 7.47. The van der Waals surface area contributed by atoms with Gasteiger partial charge in [-0.2, -0.15) is 0 Å². The quantitative estimate of drug-likeness (QED) is 0.0211. The van der Waals surface area contributed by atoms with Gasteiger partial charge in [0.2, 0.25) is 0 Å². The molecular weight excluding hydrogens is 822 g/mol. The van der Waals surface area contributed by atoms with Crippen LogP contribution in [0.5, 0.6) is 0 Å². The van der Waals surface area contributed by atoms with E-state index in [1.807, 2.05) is 21.1 Å². The molecule has 64 heavy (non-hydrogen) atoms. The van der Waals surface area contributed by atoms with Crippen LogP contribution in [0.25, 0.3) is 0 Å². The second-order valence-corrected chi connectivity index (χ2v) is 20.0. The number of likely N-dealkylation sites (N-methyl/N-ethyl adjacent to an activating group) is 1. The van der Waals surface area contributed by atoms with E-state index in [9.17, 15) is 19.0 Å². The number of hydrogen-bond donors (Lipinski definition) is 1. The highest BCUT2D eigenvalue weighted by atomic mass is 31.2. The minimum Gasteiger partial charge on any atom is -0.462 e. The molecule has 0 saturated carbocycles. The van der Waals surface area contributed by atoms with Crippen molar-refractivity contribution in [3.8, 4) is 0 Å². The minimum absolute atomic E-state index is 0.0244. The number of phosphoric acid groups is 1. The second-order valence-electron chi connectivity index (χ2n) is 18.5.